The number of carbonyl (C=O) groups excluding carboxylic acids is 3. The second-order valence-corrected chi connectivity index (χ2v) is 9.44. The van der Waals surface area contributed by atoms with Crippen molar-refractivity contribution >= 4 is 23.4 Å². The van der Waals surface area contributed by atoms with Crippen LogP contribution >= 0.6 is 0 Å². The standard InChI is InChI=1S/C25H36N4O3/c30-23(11-10-20-6-4-5-7-20)28-16-14-27(15-17-28)13-12-26-25(32)21-18-24(31)29(19-21)22-8-2-1-3-9-22/h1-3,8-9,20-21H,4-7,10-19H2,(H,26,32). The Kier molecular flexibility index (Phi) is 7.79. The van der Waals surface area contributed by atoms with Crippen LogP contribution in [0.1, 0.15) is 44.9 Å². The van der Waals surface area contributed by atoms with Crippen LogP contribution in [-0.4, -0.2) is 73.3 Å². The molecule has 0 bridgehead atoms. The van der Waals surface area contributed by atoms with Crippen molar-refractivity contribution in [1.29, 1.82) is 0 Å². The highest BCUT2D eigenvalue weighted by Crippen LogP contribution is 2.29. The lowest BCUT2D eigenvalue weighted by atomic mass is 10.0. The molecular formula is C25H36N4O3. The number of nitrogens with one attached hydrogen (secondary N) is 1. The van der Waals surface area contributed by atoms with Gasteiger partial charge in [-0.2, -0.15) is 0 Å². The first-order chi connectivity index (χ1) is 15.6. The largest absolute Gasteiger partial charge is 0.355 e. The summed E-state index contributed by atoms with van der Waals surface area (Å²) in [6.07, 6.45) is 7.27. The van der Waals surface area contributed by atoms with Gasteiger partial charge in [0, 0.05) is 64.3 Å². The van der Waals surface area contributed by atoms with Gasteiger partial charge in [-0.1, -0.05) is 43.9 Å². The third-order valence-corrected chi connectivity index (χ3v) is 7.26. The number of amides is 3. The summed E-state index contributed by atoms with van der Waals surface area (Å²) in [6.45, 7) is 5.06. The zero-order valence-electron chi connectivity index (χ0n) is 19.0. The molecule has 1 N–H and O–H groups in total. The molecule has 1 aromatic carbocycles. The van der Waals surface area contributed by atoms with Crippen LogP contribution < -0.4 is 10.2 Å². The summed E-state index contributed by atoms with van der Waals surface area (Å²) in [5.41, 5.74) is 0.850. The molecule has 3 aliphatic rings. The Hall–Kier alpha value is -2.41. The predicted octanol–water partition coefficient (Wildman–Crippen LogP) is 2.27. The molecule has 174 valence electrons. The second kappa shape index (κ2) is 10.9. The van der Waals surface area contributed by atoms with E-state index >= 15 is 0 Å². The van der Waals surface area contributed by atoms with Crippen LogP contribution in [0.3, 0.4) is 0 Å². The average molecular weight is 441 g/mol. The van der Waals surface area contributed by atoms with Crippen LogP contribution in [0.2, 0.25) is 0 Å². The fourth-order valence-electron chi connectivity index (χ4n) is 5.23. The SMILES string of the molecule is O=C(NCCN1CCN(C(=O)CCC2CCCC2)CC1)C1CC(=O)N(c2ccccc2)C1. The molecule has 3 amide bonds. The Morgan fingerprint density at radius 3 is 2.44 bits per heavy atom. The summed E-state index contributed by atoms with van der Waals surface area (Å²) in [7, 11) is 0. The molecule has 3 fully saturated rings. The molecule has 7 heteroatoms. The van der Waals surface area contributed by atoms with E-state index in [1.54, 1.807) is 4.90 Å². The van der Waals surface area contributed by atoms with E-state index in [4.69, 9.17) is 0 Å². The number of carbonyl (C=O) groups is 3. The number of piperazine rings is 1. The maximum atomic E-state index is 12.6. The lowest BCUT2D eigenvalue weighted by Gasteiger charge is -2.35. The molecule has 1 saturated carbocycles. The summed E-state index contributed by atoms with van der Waals surface area (Å²) < 4.78 is 0. The molecule has 0 spiro atoms. The van der Waals surface area contributed by atoms with E-state index in [1.165, 1.54) is 25.7 Å². The van der Waals surface area contributed by atoms with Crippen LogP contribution in [0.15, 0.2) is 30.3 Å². The van der Waals surface area contributed by atoms with Crippen molar-refractivity contribution in [2.75, 3.05) is 50.7 Å². The molecule has 2 saturated heterocycles. The van der Waals surface area contributed by atoms with E-state index in [0.717, 1.165) is 50.7 Å². The summed E-state index contributed by atoms with van der Waals surface area (Å²) in [4.78, 5) is 43.4. The molecule has 2 aliphatic heterocycles. The van der Waals surface area contributed by atoms with Gasteiger partial charge < -0.3 is 15.1 Å². The molecule has 7 nitrogen and oxygen atoms in total. The molecular weight excluding hydrogens is 404 g/mol. The van der Waals surface area contributed by atoms with Gasteiger partial charge in [0.05, 0.1) is 5.92 Å². The van der Waals surface area contributed by atoms with Crippen molar-refractivity contribution < 1.29 is 14.4 Å². The quantitative estimate of drug-likeness (QED) is 0.673. The van der Waals surface area contributed by atoms with Gasteiger partial charge in [-0.25, -0.2) is 0 Å². The van der Waals surface area contributed by atoms with E-state index in [0.29, 0.717) is 25.4 Å². The number of benzene rings is 1. The Labute approximate surface area is 191 Å². The van der Waals surface area contributed by atoms with Crippen LogP contribution in [0.5, 0.6) is 0 Å². The fraction of sp³-hybridized carbons (Fsp3) is 0.640. The van der Waals surface area contributed by atoms with Gasteiger partial charge in [0.1, 0.15) is 0 Å². The third kappa shape index (κ3) is 5.88. The number of rotatable bonds is 8. The molecule has 1 aliphatic carbocycles. The summed E-state index contributed by atoms with van der Waals surface area (Å²) in [6, 6.07) is 9.52. The van der Waals surface area contributed by atoms with Crippen LogP contribution in [0.4, 0.5) is 5.69 Å². The Morgan fingerprint density at radius 2 is 1.72 bits per heavy atom. The Bertz CT molecular complexity index is 786. The van der Waals surface area contributed by atoms with Gasteiger partial charge >= 0.3 is 0 Å². The van der Waals surface area contributed by atoms with Crippen molar-refractivity contribution in [3.05, 3.63) is 30.3 Å². The summed E-state index contributed by atoms with van der Waals surface area (Å²) in [5, 5.41) is 3.01. The lowest BCUT2D eigenvalue weighted by Crippen LogP contribution is -2.50. The zero-order chi connectivity index (χ0) is 22.3. The summed E-state index contributed by atoms with van der Waals surface area (Å²) in [5.74, 6) is 0.733. The van der Waals surface area contributed by atoms with Crippen molar-refractivity contribution in [2.24, 2.45) is 11.8 Å². The van der Waals surface area contributed by atoms with Gasteiger partial charge in [-0.05, 0) is 24.5 Å². The van der Waals surface area contributed by atoms with Gasteiger partial charge in [-0.3, -0.25) is 19.3 Å². The maximum Gasteiger partial charge on any atom is 0.227 e. The van der Waals surface area contributed by atoms with Gasteiger partial charge in [0.25, 0.3) is 0 Å². The number of para-hydroxylation sites is 1. The molecule has 1 aromatic rings. The normalized spacial score (nSPS) is 22.5. The van der Waals surface area contributed by atoms with Crippen molar-refractivity contribution in [2.45, 2.75) is 44.9 Å². The first kappa shape index (κ1) is 22.8. The fourth-order valence-corrected chi connectivity index (χ4v) is 5.23. The predicted molar refractivity (Wildman–Crippen MR) is 124 cm³/mol. The monoisotopic (exact) mass is 440 g/mol. The van der Waals surface area contributed by atoms with Gasteiger partial charge in [0.2, 0.25) is 17.7 Å². The lowest BCUT2D eigenvalue weighted by molar-refractivity contribution is -0.133. The first-order valence-corrected chi connectivity index (χ1v) is 12.2. The van der Waals surface area contributed by atoms with Crippen LogP contribution in [0, 0.1) is 11.8 Å². The Morgan fingerprint density at radius 1 is 1.00 bits per heavy atom. The van der Waals surface area contributed by atoms with E-state index in [2.05, 4.69) is 10.2 Å². The number of anilines is 1. The van der Waals surface area contributed by atoms with Crippen molar-refractivity contribution in [3.63, 3.8) is 0 Å². The summed E-state index contributed by atoms with van der Waals surface area (Å²) >= 11 is 0. The first-order valence-electron chi connectivity index (χ1n) is 12.2. The molecule has 32 heavy (non-hydrogen) atoms. The molecule has 1 unspecified atom stereocenters. The molecule has 0 radical (unpaired) electrons. The topological polar surface area (TPSA) is 73.0 Å². The van der Waals surface area contributed by atoms with E-state index in [-0.39, 0.29) is 24.2 Å². The highest BCUT2D eigenvalue weighted by molar-refractivity contribution is 6.00. The number of nitrogens with zero attached hydrogens (tertiary/aromatic N) is 3. The van der Waals surface area contributed by atoms with E-state index in [9.17, 15) is 14.4 Å². The maximum absolute atomic E-state index is 12.6. The second-order valence-electron chi connectivity index (χ2n) is 9.44. The molecule has 4 rings (SSSR count). The molecule has 2 heterocycles. The van der Waals surface area contributed by atoms with Crippen LogP contribution in [0.25, 0.3) is 0 Å². The zero-order valence-corrected chi connectivity index (χ0v) is 19.0. The highest BCUT2D eigenvalue weighted by atomic mass is 16.2. The molecule has 1 atom stereocenters. The number of hydrogen-bond donors (Lipinski definition) is 1. The average Bonchev–Trinajstić information content (AvgIpc) is 3.48. The van der Waals surface area contributed by atoms with E-state index in [1.807, 2.05) is 35.2 Å². The molecule has 0 aromatic heterocycles. The van der Waals surface area contributed by atoms with Gasteiger partial charge in [0.15, 0.2) is 0 Å². The smallest absolute Gasteiger partial charge is 0.227 e. The Balaban J connectivity index is 1.12. The minimum atomic E-state index is -0.294. The van der Waals surface area contributed by atoms with Crippen molar-refractivity contribution in [3.8, 4) is 0 Å². The van der Waals surface area contributed by atoms with Crippen LogP contribution in [-0.2, 0) is 14.4 Å². The van der Waals surface area contributed by atoms with E-state index < -0.39 is 0 Å². The van der Waals surface area contributed by atoms with Gasteiger partial charge in [-0.15, -0.1) is 0 Å². The highest BCUT2D eigenvalue weighted by Gasteiger charge is 2.35. The number of hydrogen-bond acceptors (Lipinski definition) is 4. The minimum Gasteiger partial charge on any atom is -0.355 e. The minimum absolute atomic E-state index is 0.00469. The third-order valence-electron chi connectivity index (χ3n) is 7.26. The van der Waals surface area contributed by atoms with Crippen molar-refractivity contribution in [1.82, 2.24) is 15.1 Å².